The number of hydrogen-bond acceptors (Lipinski definition) is 3. The minimum Gasteiger partial charge on any atom is -0.355 e. The average molecular weight is 361 g/mol. The number of rotatable bonds is 2. The van der Waals surface area contributed by atoms with E-state index in [0.29, 0.717) is 10.0 Å². The summed E-state index contributed by atoms with van der Waals surface area (Å²) in [6.45, 7) is 4.38. The highest BCUT2D eigenvalue weighted by molar-refractivity contribution is 6.43. The molecular formula is C18H18Cl2N4. The van der Waals surface area contributed by atoms with Gasteiger partial charge in [-0.05, 0) is 30.9 Å². The quantitative estimate of drug-likeness (QED) is 0.648. The number of imidazole rings is 1. The largest absolute Gasteiger partial charge is 0.355 e. The molecule has 3 heterocycles. The third-order valence-corrected chi connectivity index (χ3v) is 5.53. The van der Waals surface area contributed by atoms with Gasteiger partial charge < -0.3 is 4.90 Å². The summed E-state index contributed by atoms with van der Waals surface area (Å²) in [6.07, 6.45) is 8.01. The van der Waals surface area contributed by atoms with Crippen molar-refractivity contribution < 1.29 is 0 Å². The molecule has 1 saturated heterocycles. The van der Waals surface area contributed by atoms with Crippen LogP contribution in [0.3, 0.4) is 0 Å². The van der Waals surface area contributed by atoms with Crippen LogP contribution in [0.4, 0.5) is 5.82 Å². The zero-order chi connectivity index (χ0) is 16.7. The van der Waals surface area contributed by atoms with Gasteiger partial charge in [0.15, 0.2) is 5.82 Å². The second kappa shape index (κ2) is 6.26. The van der Waals surface area contributed by atoms with E-state index in [-0.39, 0.29) is 0 Å². The van der Waals surface area contributed by atoms with E-state index in [0.717, 1.165) is 41.7 Å². The fourth-order valence-electron chi connectivity index (χ4n) is 3.25. The predicted molar refractivity (Wildman–Crippen MR) is 99.1 cm³/mol. The molecule has 0 radical (unpaired) electrons. The Morgan fingerprint density at radius 1 is 1.12 bits per heavy atom. The van der Waals surface area contributed by atoms with Crippen LogP contribution in [0.25, 0.3) is 16.9 Å². The van der Waals surface area contributed by atoms with Gasteiger partial charge in [0, 0.05) is 31.0 Å². The fourth-order valence-corrected chi connectivity index (χ4v) is 3.64. The minimum atomic E-state index is 0.525. The van der Waals surface area contributed by atoms with Crippen molar-refractivity contribution >= 4 is 34.5 Å². The molecule has 4 rings (SSSR count). The summed E-state index contributed by atoms with van der Waals surface area (Å²) in [5.74, 6) is 2.56. The summed E-state index contributed by atoms with van der Waals surface area (Å²) in [5, 5.41) is 1.06. The second-order valence-corrected chi connectivity index (χ2v) is 7.14. The highest BCUT2D eigenvalue weighted by Crippen LogP contribution is 2.34. The van der Waals surface area contributed by atoms with Gasteiger partial charge in [-0.3, -0.25) is 4.40 Å². The molecule has 1 aromatic carbocycles. The van der Waals surface area contributed by atoms with Gasteiger partial charge in [-0.25, -0.2) is 9.97 Å². The molecule has 124 valence electrons. The molecule has 0 N–H and O–H groups in total. The summed E-state index contributed by atoms with van der Waals surface area (Å²) in [7, 11) is 0. The van der Waals surface area contributed by atoms with E-state index in [2.05, 4.69) is 21.8 Å². The first-order valence-corrected chi connectivity index (χ1v) is 8.92. The number of nitrogens with zero attached hydrogens (tertiary/aromatic N) is 4. The number of piperidine rings is 1. The predicted octanol–water partition coefficient (Wildman–Crippen LogP) is 4.94. The van der Waals surface area contributed by atoms with E-state index in [9.17, 15) is 0 Å². The SMILES string of the molecule is CC1CCN(c2nccn3c(-c4cccc(Cl)c4Cl)ncc23)CC1. The van der Waals surface area contributed by atoms with Crippen molar-refractivity contribution in [2.24, 2.45) is 5.92 Å². The van der Waals surface area contributed by atoms with Gasteiger partial charge in [-0.1, -0.05) is 36.2 Å². The molecule has 2 aromatic heterocycles. The lowest BCUT2D eigenvalue weighted by molar-refractivity contribution is 0.437. The lowest BCUT2D eigenvalue weighted by Gasteiger charge is -2.31. The molecule has 0 saturated carbocycles. The van der Waals surface area contributed by atoms with Crippen LogP contribution in [-0.4, -0.2) is 27.5 Å². The van der Waals surface area contributed by atoms with Gasteiger partial charge in [0.05, 0.1) is 16.2 Å². The zero-order valence-electron chi connectivity index (χ0n) is 13.4. The first kappa shape index (κ1) is 15.7. The molecule has 0 bridgehead atoms. The standard InChI is InChI=1S/C18H18Cl2N4/c1-12-5-8-23(9-6-12)18-15-11-22-17(24(15)10-7-21-18)13-3-2-4-14(19)16(13)20/h2-4,7,10-12H,5-6,8-9H2,1H3. The van der Waals surface area contributed by atoms with Crippen molar-refractivity contribution in [3.8, 4) is 11.4 Å². The molecule has 1 aliphatic heterocycles. The van der Waals surface area contributed by atoms with Crippen molar-refractivity contribution in [3.05, 3.63) is 46.8 Å². The molecule has 6 heteroatoms. The number of fused-ring (bicyclic) bond motifs is 1. The van der Waals surface area contributed by atoms with Crippen LogP contribution in [0.1, 0.15) is 19.8 Å². The fraction of sp³-hybridized carbons (Fsp3) is 0.333. The Labute approximate surface area is 151 Å². The monoisotopic (exact) mass is 360 g/mol. The molecule has 4 nitrogen and oxygen atoms in total. The van der Waals surface area contributed by atoms with Gasteiger partial charge in [0.2, 0.25) is 0 Å². The van der Waals surface area contributed by atoms with E-state index >= 15 is 0 Å². The maximum absolute atomic E-state index is 6.38. The van der Waals surface area contributed by atoms with Crippen molar-refractivity contribution in [2.45, 2.75) is 19.8 Å². The number of aromatic nitrogens is 3. The lowest BCUT2D eigenvalue weighted by atomic mass is 9.99. The lowest BCUT2D eigenvalue weighted by Crippen LogP contribution is -2.33. The van der Waals surface area contributed by atoms with Crippen LogP contribution in [-0.2, 0) is 0 Å². The van der Waals surface area contributed by atoms with Gasteiger partial charge in [-0.2, -0.15) is 0 Å². The minimum absolute atomic E-state index is 0.525. The maximum atomic E-state index is 6.38. The third-order valence-electron chi connectivity index (χ3n) is 4.71. The topological polar surface area (TPSA) is 33.4 Å². The smallest absolute Gasteiger partial charge is 0.154 e. The van der Waals surface area contributed by atoms with E-state index in [1.165, 1.54) is 12.8 Å². The molecule has 1 fully saturated rings. The summed E-state index contributed by atoms with van der Waals surface area (Å²) < 4.78 is 2.04. The van der Waals surface area contributed by atoms with Gasteiger partial charge in [0.25, 0.3) is 0 Å². The number of halogens is 2. The van der Waals surface area contributed by atoms with E-state index in [4.69, 9.17) is 23.2 Å². The Kier molecular flexibility index (Phi) is 4.10. The molecule has 0 aliphatic carbocycles. The summed E-state index contributed by atoms with van der Waals surface area (Å²) in [6, 6.07) is 5.61. The molecular weight excluding hydrogens is 343 g/mol. The Bertz CT molecular complexity index is 882. The molecule has 0 amide bonds. The maximum Gasteiger partial charge on any atom is 0.154 e. The Hall–Kier alpha value is -1.78. The number of benzene rings is 1. The van der Waals surface area contributed by atoms with Crippen LogP contribution in [0, 0.1) is 5.92 Å². The summed E-state index contributed by atoms with van der Waals surface area (Å²) >= 11 is 12.5. The van der Waals surface area contributed by atoms with E-state index in [1.807, 2.05) is 35.1 Å². The average Bonchev–Trinajstić information content (AvgIpc) is 3.02. The van der Waals surface area contributed by atoms with Gasteiger partial charge in [0.1, 0.15) is 11.3 Å². The Balaban J connectivity index is 1.81. The highest BCUT2D eigenvalue weighted by Gasteiger charge is 2.21. The Morgan fingerprint density at radius 2 is 1.92 bits per heavy atom. The Morgan fingerprint density at radius 3 is 2.71 bits per heavy atom. The third kappa shape index (κ3) is 2.64. The van der Waals surface area contributed by atoms with Crippen LogP contribution < -0.4 is 4.90 Å². The molecule has 3 aromatic rings. The van der Waals surface area contributed by atoms with Gasteiger partial charge in [-0.15, -0.1) is 0 Å². The number of hydrogen-bond donors (Lipinski definition) is 0. The van der Waals surface area contributed by atoms with Crippen LogP contribution in [0.2, 0.25) is 10.0 Å². The molecule has 24 heavy (non-hydrogen) atoms. The van der Waals surface area contributed by atoms with E-state index in [1.54, 1.807) is 6.07 Å². The molecule has 0 unspecified atom stereocenters. The van der Waals surface area contributed by atoms with Crippen LogP contribution in [0.5, 0.6) is 0 Å². The van der Waals surface area contributed by atoms with Crippen molar-refractivity contribution in [2.75, 3.05) is 18.0 Å². The highest BCUT2D eigenvalue weighted by atomic mass is 35.5. The summed E-state index contributed by atoms with van der Waals surface area (Å²) in [4.78, 5) is 11.5. The normalized spacial score (nSPS) is 16.0. The summed E-state index contributed by atoms with van der Waals surface area (Å²) in [5.41, 5.74) is 1.83. The van der Waals surface area contributed by atoms with Crippen LogP contribution >= 0.6 is 23.2 Å². The number of anilines is 1. The first-order chi connectivity index (χ1) is 11.6. The first-order valence-electron chi connectivity index (χ1n) is 8.16. The molecule has 1 aliphatic rings. The van der Waals surface area contributed by atoms with Crippen LogP contribution in [0.15, 0.2) is 36.8 Å². The van der Waals surface area contributed by atoms with E-state index < -0.39 is 0 Å². The molecule has 0 atom stereocenters. The zero-order valence-corrected chi connectivity index (χ0v) is 14.9. The van der Waals surface area contributed by atoms with Crippen molar-refractivity contribution in [3.63, 3.8) is 0 Å². The van der Waals surface area contributed by atoms with Crippen molar-refractivity contribution in [1.82, 2.24) is 14.4 Å². The van der Waals surface area contributed by atoms with Crippen molar-refractivity contribution in [1.29, 1.82) is 0 Å². The van der Waals surface area contributed by atoms with Gasteiger partial charge >= 0.3 is 0 Å². The molecule has 0 spiro atoms. The second-order valence-electron chi connectivity index (χ2n) is 6.36.